The molecule has 3 unspecified atom stereocenters. The number of Topliss-reactive ketones (excluding diaryl/α,β-unsaturated/α-hetero) is 1. The van der Waals surface area contributed by atoms with Crippen LogP contribution in [-0.2, 0) is 58.0 Å². The Morgan fingerprint density at radius 3 is 2.10 bits per heavy atom. The summed E-state index contributed by atoms with van der Waals surface area (Å²) >= 11 is 1.65. The van der Waals surface area contributed by atoms with Gasteiger partial charge in [-0.05, 0) is 104 Å². The second kappa shape index (κ2) is 23.8. The van der Waals surface area contributed by atoms with E-state index in [-0.39, 0.29) is 37.4 Å². The highest BCUT2D eigenvalue weighted by Crippen LogP contribution is 2.49. The summed E-state index contributed by atoms with van der Waals surface area (Å²) < 4.78 is 59.3. The summed E-state index contributed by atoms with van der Waals surface area (Å²) in [6, 6.07) is 18.7. The number of hydrogen-bond donors (Lipinski definition) is 1. The summed E-state index contributed by atoms with van der Waals surface area (Å²) in [5, 5.41) is 14.0. The Kier molecular flexibility index (Phi) is 19.0. The van der Waals surface area contributed by atoms with Crippen molar-refractivity contribution in [2.45, 2.75) is 179 Å². The second-order valence-corrected chi connectivity index (χ2v) is 22.0. The highest BCUT2D eigenvalue weighted by Gasteiger charge is 2.57. The van der Waals surface area contributed by atoms with Gasteiger partial charge in [-0.3, -0.25) is 9.59 Å². The molecule has 2 aromatic carbocycles. The third-order valence-corrected chi connectivity index (χ3v) is 16.7. The number of hydrogen-bond acceptors (Lipinski definition) is 15. The maximum atomic E-state index is 15.1. The Labute approximate surface area is 421 Å². The van der Waals surface area contributed by atoms with Crippen molar-refractivity contribution < 1.29 is 62.1 Å². The van der Waals surface area contributed by atoms with E-state index in [1.54, 1.807) is 64.1 Å². The molecule has 6 rings (SSSR count). The molecule has 4 fully saturated rings. The lowest BCUT2D eigenvalue weighted by molar-refractivity contribution is -0.319. The summed E-state index contributed by atoms with van der Waals surface area (Å²) in [7, 11) is 6.98. The van der Waals surface area contributed by atoms with Crippen molar-refractivity contribution in [3.63, 3.8) is 0 Å². The van der Waals surface area contributed by atoms with Gasteiger partial charge in [0.2, 0.25) is 0 Å². The molecule has 18 atom stereocenters. The average Bonchev–Trinajstić information content (AvgIpc) is 3.68. The van der Waals surface area contributed by atoms with Gasteiger partial charge in [0.15, 0.2) is 18.7 Å². The Balaban J connectivity index is 1.41. The van der Waals surface area contributed by atoms with Crippen LogP contribution < -0.4 is 0 Å². The Morgan fingerprint density at radius 2 is 1.49 bits per heavy atom. The van der Waals surface area contributed by atoms with Crippen molar-refractivity contribution in [1.29, 1.82) is 0 Å². The van der Waals surface area contributed by atoms with E-state index in [4.69, 9.17) is 42.6 Å². The Hall–Kier alpha value is -3.22. The molecule has 0 bridgehead atoms. The summed E-state index contributed by atoms with van der Waals surface area (Å²) in [5.41, 5.74) is -0.805. The Morgan fingerprint density at radius 1 is 0.857 bits per heavy atom. The molecule has 14 nitrogen and oxygen atoms in total. The topological polar surface area (TPSA) is 158 Å². The number of aliphatic hydroxyl groups excluding tert-OH is 1. The molecule has 0 saturated carbocycles. The third-order valence-electron chi connectivity index (χ3n) is 15.8. The number of rotatable bonds is 13. The fraction of sp³-hybridized carbons (Fsp3) is 0.691. The first-order valence-electron chi connectivity index (χ1n) is 25.2. The van der Waals surface area contributed by atoms with Gasteiger partial charge in [0.05, 0.1) is 48.1 Å². The fourth-order valence-electron chi connectivity index (χ4n) is 11.7. The standard InChI is InChI=1S/C55H81NO13S/c1-15-42-55(10)44(40(29-63-55)31-70-30-38-22-18-16-19-23-38)34(4)45(57)32(2)27-53(8,61-13)48(69-52-46(58)41(56(11)12)26-33(3)64-52)35(5)47(36(6)50(59)66-42)67-43-28-54(9,62-14)49(37(7)65-43)68-51(60)39-24-20-17-21-25-39/h16-25,31-37,41-44,46-49,52,58H,15,26-30H2,1-14H3/b40-31+/t32?,33-,34?,35+,36-,37+,41+,42-,43+,44-,46-,47+,48-,49?,52+,53-,54-,55-/m1/s1. The lowest BCUT2D eigenvalue weighted by Crippen LogP contribution is -2.61. The molecule has 4 heterocycles. The smallest absolute Gasteiger partial charge is 0.338 e. The number of ether oxygens (including phenoxy) is 9. The van der Waals surface area contributed by atoms with Gasteiger partial charge < -0.3 is 52.6 Å². The zero-order chi connectivity index (χ0) is 51.3. The number of thioether (sulfide) groups is 1. The number of benzene rings is 2. The summed E-state index contributed by atoms with van der Waals surface area (Å²) in [5.74, 6) is -3.44. The molecule has 390 valence electrons. The van der Waals surface area contributed by atoms with E-state index in [1.807, 2.05) is 98.7 Å². The molecule has 70 heavy (non-hydrogen) atoms. The number of aliphatic hydroxyl groups is 1. The molecule has 0 radical (unpaired) electrons. The molecule has 1 N–H and O–H groups in total. The van der Waals surface area contributed by atoms with Gasteiger partial charge in [0.1, 0.15) is 29.2 Å². The zero-order valence-corrected chi connectivity index (χ0v) is 44.8. The number of carbonyl (C=O) groups excluding carboxylic acids is 3. The van der Waals surface area contributed by atoms with Gasteiger partial charge in [0.25, 0.3) is 0 Å². The number of cyclic esters (lactones) is 1. The second-order valence-electron chi connectivity index (χ2n) is 21.1. The van der Waals surface area contributed by atoms with Gasteiger partial charge in [0, 0.05) is 56.1 Å². The van der Waals surface area contributed by atoms with E-state index in [2.05, 4.69) is 17.5 Å². The molecular formula is C55H81NO13S. The van der Waals surface area contributed by atoms with Crippen LogP contribution in [0, 0.1) is 29.6 Å². The van der Waals surface area contributed by atoms with Crippen molar-refractivity contribution in [3.05, 3.63) is 82.8 Å². The normalized spacial score (nSPS) is 40.6. The number of esters is 2. The van der Waals surface area contributed by atoms with Crippen LogP contribution in [-0.4, -0.2) is 141 Å². The van der Waals surface area contributed by atoms with Crippen molar-refractivity contribution in [1.82, 2.24) is 4.90 Å². The van der Waals surface area contributed by atoms with E-state index in [0.29, 0.717) is 18.4 Å². The van der Waals surface area contributed by atoms with E-state index in [9.17, 15) is 9.90 Å². The fourth-order valence-corrected chi connectivity index (χ4v) is 12.6. The van der Waals surface area contributed by atoms with Crippen LogP contribution in [0.3, 0.4) is 0 Å². The average molecular weight is 996 g/mol. The first-order chi connectivity index (χ1) is 33.1. The summed E-state index contributed by atoms with van der Waals surface area (Å²) in [6.45, 7) is 19.3. The van der Waals surface area contributed by atoms with Gasteiger partial charge in [-0.2, -0.15) is 0 Å². The van der Waals surface area contributed by atoms with E-state index < -0.39 is 108 Å². The number of carbonyl (C=O) groups is 3. The predicted octanol–water partition coefficient (Wildman–Crippen LogP) is 8.41. The molecule has 0 aromatic heterocycles. The van der Waals surface area contributed by atoms with Crippen molar-refractivity contribution in [2.24, 2.45) is 29.6 Å². The molecule has 15 heteroatoms. The molecule has 4 saturated heterocycles. The van der Waals surface area contributed by atoms with Gasteiger partial charge in [-0.25, -0.2) is 4.79 Å². The van der Waals surface area contributed by atoms with E-state index in [0.717, 1.165) is 11.3 Å². The number of likely N-dealkylation sites (N-methyl/N-ethyl adjacent to an activating group) is 1. The quantitative estimate of drug-likeness (QED) is 0.191. The van der Waals surface area contributed by atoms with Crippen molar-refractivity contribution in [3.8, 4) is 0 Å². The van der Waals surface area contributed by atoms with E-state index in [1.165, 1.54) is 5.56 Å². The van der Waals surface area contributed by atoms with Crippen LogP contribution in [0.5, 0.6) is 0 Å². The number of nitrogens with zero attached hydrogens (tertiary/aromatic N) is 1. The molecule has 4 aliphatic rings. The molecule has 0 aliphatic carbocycles. The van der Waals surface area contributed by atoms with Crippen LogP contribution in [0.1, 0.15) is 111 Å². The monoisotopic (exact) mass is 996 g/mol. The molecule has 0 amide bonds. The van der Waals surface area contributed by atoms with Crippen molar-refractivity contribution in [2.75, 3.05) is 34.9 Å². The molecular weight excluding hydrogens is 915 g/mol. The molecule has 0 spiro atoms. The maximum Gasteiger partial charge on any atom is 0.338 e. The lowest BCUT2D eigenvalue weighted by atomic mass is 9.69. The van der Waals surface area contributed by atoms with Gasteiger partial charge >= 0.3 is 11.9 Å². The Bertz CT molecular complexity index is 2080. The van der Waals surface area contributed by atoms with Gasteiger partial charge in [-0.15, -0.1) is 11.8 Å². The summed E-state index contributed by atoms with van der Waals surface area (Å²) in [4.78, 5) is 45.6. The first-order valence-corrected chi connectivity index (χ1v) is 26.2. The zero-order valence-electron chi connectivity index (χ0n) is 44.0. The minimum Gasteiger partial charge on any atom is -0.459 e. The van der Waals surface area contributed by atoms with Gasteiger partial charge in [-0.1, -0.05) is 76.2 Å². The SMILES string of the molecule is CC[C@H]1OC(=O)[C@H](C)[C@@H](O[C@H]2C[C@@](C)(OC)C(OC(=O)c3ccccc3)[C@H](C)O2)[C@H](C)[C@@H](O[C@@H]2O[C@H](C)C[C@H](N(C)C)[C@H]2O)[C@](C)(OC)CC(C)C(=O)C(C)[C@@H]2/C(=C/SCc3ccccc3)CO[C@]12C. The first kappa shape index (κ1) is 56.1. The van der Waals surface area contributed by atoms with Crippen LogP contribution in [0.4, 0.5) is 0 Å². The molecule has 4 aliphatic heterocycles. The van der Waals surface area contributed by atoms with Crippen LogP contribution in [0.25, 0.3) is 0 Å². The minimum atomic E-state index is -1.22. The third kappa shape index (κ3) is 12.2. The summed E-state index contributed by atoms with van der Waals surface area (Å²) in [6.07, 6.45) is -6.24. The molecule has 2 aromatic rings. The van der Waals surface area contributed by atoms with E-state index >= 15 is 9.59 Å². The lowest BCUT2D eigenvalue weighted by Gasteiger charge is -2.50. The maximum absolute atomic E-state index is 15.1. The predicted molar refractivity (Wildman–Crippen MR) is 268 cm³/mol. The van der Waals surface area contributed by atoms with Crippen molar-refractivity contribution >= 4 is 29.5 Å². The number of methoxy groups -OCH3 is 2. The minimum absolute atomic E-state index is 0.0102. The van der Waals surface area contributed by atoms with Crippen LogP contribution >= 0.6 is 11.8 Å². The highest BCUT2D eigenvalue weighted by molar-refractivity contribution is 8.01. The highest BCUT2D eigenvalue weighted by atomic mass is 32.2. The van der Waals surface area contributed by atoms with Crippen LogP contribution in [0.2, 0.25) is 0 Å². The largest absolute Gasteiger partial charge is 0.459 e. The number of ketones is 1. The number of fused-ring (bicyclic) bond motifs is 1. The van der Waals surface area contributed by atoms with Crippen LogP contribution in [0.15, 0.2) is 71.6 Å².